The lowest BCUT2D eigenvalue weighted by molar-refractivity contribution is -0.146. The number of carboxylic acids is 1. The Kier molecular flexibility index (Phi) is 3.86. The van der Waals surface area contributed by atoms with Crippen molar-refractivity contribution in [2.75, 3.05) is 19.6 Å². The van der Waals surface area contributed by atoms with Crippen LogP contribution in [-0.2, 0) is 4.79 Å². The molecule has 17 heavy (non-hydrogen) atoms. The van der Waals surface area contributed by atoms with Crippen LogP contribution in [0.5, 0.6) is 0 Å². The molecule has 0 aromatic rings. The molecule has 0 atom stereocenters. The van der Waals surface area contributed by atoms with E-state index < -0.39 is 5.97 Å². The van der Waals surface area contributed by atoms with Crippen LogP contribution in [0.1, 0.15) is 32.1 Å². The molecule has 5 nitrogen and oxygen atoms in total. The van der Waals surface area contributed by atoms with Crippen LogP contribution in [0.2, 0.25) is 0 Å². The minimum Gasteiger partial charge on any atom is -0.481 e. The average molecular weight is 240 g/mol. The van der Waals surface area contributed by atoms with Crippen molar-refractivity contribution in [3.8, 4) is 0 Å². The van der Waals surface area contributed by atoms with Crippen molar-refractivity contribution in [2.45, 2.75) is 32.1 Å². The molecule has 5 heteroatoms. The monoisotopic (exact) mass is 240 g/mol. The normalized spacial score (nSPS) is 21.3. The van der Waals surface area contributed by atoms with Gasteiger partial charge in [0, 0.05) is 19.6 Å². The minimum absolute atomic E-state index is 0.111. The molecule has 2 rings (SSSR count). The van der Waals surface area contributed by atoms with E-state index in [2.05, 4.69) is 5.32 Å². The highest BCUT2D eigenvalue weighted by molar-refractivity contribution is 5.79. The summed E-state index contributed by atoms with van der Waals surface area (Å²) in [4.78, 5) is 23.7. The summed E-state index contributed by atoms with van der Waals surface area (Å²) in [6.45, 7) is 1.42. The van der Waals surface area contributed by atoms with Gasteiger partial charge in [0.15, 0.2) is 0 Å². The first kappa shape index (κ1) is 12.2. The summed E-state index contributed by atoms with van der Waals surface area (Å²) in [7, 11) is 0. The second kappa shape index (κ2) is 5.38. The molecule has 0 aromatic heterocycles. The molecule has 2 aliphatic rings. The average Bonchev–Trinajstić information content (AvgIpc) is 2.67. The fourth-order valence-corrected chi connectivity index (χ4v) is 2.59. The largest absolute Gasteiger partial charge is 0.481 e. The smallest absolute Gasteiger partial charge is 0.317 e. The topological polar surface area (TPSA) is 69.6 Å². The Labute approximate surface area is 101 Å². The van der Waals surface area contributed by atoms with E-state index in [1.807, 2.05) is 0 Å². The number of aliphatic carboxylic acids is 1. The Morgan fingerprint density at radius 3 is 2.47 bits per heavy atom. The van der Waals surface area contributed by atoms with Crippen molar-refractivity contribution in [1.29, 1.82) is 0 Å². The van der Waals surface area contributed by atoms with Gasteiger partial charge in [0.2, 0.25) is 0 Å². The first-order valence-electron chi connectivity index (χ1n) is 6.42. The van der Waals surface area contributed by atoms with Gasteiger partial charge in [-0.05, 0) is 12.3 Å². The highest BCUT2D eigenvalue weighted by atomic mass is 16.4. The van der Waals surface area contributed by atoms with E-state index >= 15 is 0 Å². The highest BCUT2D eigenvalue weighted by Crippen LogP contribution is 2.26. The van der Waals surface area contributed by atoms with Gasteiger partial charge in [0.1, 0.15) is 0 Å². The number of carboxylic acid groups (broad SMARTS) is 1. The molecule has 2 N–H and O–H groups in total. The standard InChI is InChI=1S/C12H20N2O3/c15-11(16)10-7-14(8-10)12(17)13-6-5-9-3-1-2-4-9/h9-10H,1-8H2,(H,13,17)(H,15,16). The van der Waals surface area contributed by atoms with Gasteiger partial charge >= 0.3 is 12.0 Å². The van der Waals surface area contributed by atoms with Crippen LogP contribution < -0.4 is 5.32 Å². The zero-order valence-corrected chi connectivity index (χ0v) is 10.0. The van der Waals surface area contributed by atoms with Gasteiger partial charge in [-0.3, -0.25) is 4.79 Å². The lowest BCUT2D eigenvalue weighted by Crippen LogP contribution is -2.56. The number of likely N-dealkylation sites (tertiary alicyclic amines) is 1. The van der Waals surface area contributed by atoms with Gasteiger partial charge in [-0.1, -0.05) is 25.7 Å². The predicted molar refractivity (Wildman–Crippen MR) is 62.7 cm³/mol. The molecular formula is C12H20N2O3. The number of urea groups is 1. The van der Waals surface area contributed by atoms with E-state index in [9.17, 15) is 9.59 Å². The maximum atomic E-state index is 11.6. The van der Waals surface area contributed by atoms with E-state index in [1.165, 1.54) is 25.7 Å². The lowest BCUT2D eigenvalue weighted by atomic mass is 10.0. The Morgan fingerprint density at radius 2 is 1.88 bits per heavy atom. The molecule has 96 valence electrons. The Balaban J connectivity index is 1.57. The van der Waals surface area contributed by atoms with Crippen LogP contribution in [0.15, 0.2) is 0 Å². The molecular weight excluding hydrogens is 220 g/mol. The third kappa shape index (κ3) is 3.11. The van der Waals surface area contributed by atoms with Gasteiger partial charge in [0.05, 0.1) is 5.92 Å². The Morgan fingerprint density at radius 1 is 1.24 bits per heavy atom. The molecule has 1 heterocycles. The van der Waals surface area contributed by atoms with Gasteiger partial charge in [-0.15, -0.1) is 0 Å². The second-order valence-electron chi connectivity index (χ2n) is 5.11. The summed E-state index contributed by atoms with van der Waals surface area (Å²) in [6, 6.07) is -0.111. The Bertz CT molecular complexity index is 294. The number of amides is 2. The number of carbonyl (C=O) groups is 2. The highest BCUT2D eigenvalue weighted by Gasteiger charge is 2.35. The third-order valence-corrected chi connectivity index (χ3v) is 3.82. The van der Waals surface area contributed by atoms with Crippen molar-refractivity contribution in [2.24, 2.45) is 11.8 Å². The third-order valence-electron chi connectivity index (χ3n) is 3.82. The van der Waals surface area contributed by atoms with Crippen LogP contribution in [0, 0.1) is 11.8 Å². The zero-order valence-electron chi connectivity index (χ0n) is 10.0. The van der Waals surface area contributed by atoms with Gasteiger partial charge in [-0.2, -0.15) is 0 Å². The number of nitrogens with one attached hydrogen (secondary N) is 1. The van der Waals surface area contributed by atoms with E-state index in [4.69, 9.17) is 5.11 Å². The fourth-order valence-electron chi connectivity index (χ4n) is 2.59. The van der Waals surface area contributed by atoms with Crippen LogP contribution in [-0.4, -0.2) is 41.6 Å². The van der Waals surface area contributed by atoms with Crippen molar-refractivity contribution in [3.05, 3.63) is 0 Å². The lowest BCUT2D eigenvalue weighted by Gasteiger charge is -2.36. The molecule has 0 spiro atoms. The van der Waals surface area contributed by atoms with Gasteiger partial charge in [0.25, 0.3) is 0 Å². The van der Waals surface area contributed by atoms with E-state index in [-0.39, 0.29) is 11.9 Å². The van der Waals surface area contributed by atoms with Crippen LogP contribution in [0.4, 0.5) is 4.79 Å². The number of nitrogens with zero attached hydrogens (tertiary/aromatic N) is 1. The summed E-state index contributed by atoms with van der Waals surface area (Å²) in [5.74, 6) is -0.394. The maximum absolute atomic E-state index is 11.6. The summed E-state index contributed by atoms with van der Waals surface area (Å²) >= 11 is 0. The molecule has 0 radical (unpaired) electrons. The Hall–Kier alpha value is -1.26. The van der Waals surface area contributed by atoms with E-state index in [0.29, 0.717) is 13.1 Å². The van der Waals surface area contributed by atoms with E-state index in [1.54, 1.807) is 4.90 Å². The molecule has 1 saturated carbocycles. The summed E-state index contributed by atoms with van der Waals surface area (Å²) in [5, 5.41) is 11.6. The van der Waals surface area contributed by atoms with Crippen LogP contribution in [0.3, 0.4) is 0 Å². The second-order valence-corrected chi connectivity index (χ2v) is 5.11. The first-order chi connectivity index (χ1) is 8.16. The molecule has 0 unspecified atom stereocenters. The predicted octanol–water partition coefficient (Wildman–Crippen LogP) is 1.29. The summed E-state index contributed by atoms with van der Waals surface area (Å²) in [6.07, 6.45) is 6.29. The number of carbonyl (C=O) groups excluding carboxylic acids is 1. The van der Waals surface area contributed by atoms with Gasteiger partial charge < -0.3 is 15.3 Å². The van der Waals surface area contributed by atoms with Crippen molar-refractivity contribution in [3.63, 3.8) is 0 Å². The first-order valence-corrected chi connectivity index (χ1v) is 6.42. The summed E-state index contributed by atoms with van der Waals surface area (Å²) in [5.41, 5.74) is 0. The number of hydrogen-bond donors (Lipinski definition) is 2. The number of rotatable bonds is 4. The molecule has 1 aliphatic carbocycles. The van der Waals surface area contributed by atoms with Crippen LogP contribution in [0.25, 0.3) is 0 Å². The van der Waals surface area contributed by atoms with Crippen molar-refractivity contribution < 1.29 is 14.7 Å². The molecule has 2 fully saturated rings. The molecule has 0 aromatic carbocycles. The molecule has 1 aliphatic heterocycles. The molecule has 2 amide bonds. The minimum atomic E-state index is -0.806. The molecule has 0 bridgehead atoms. The van der Waals surface area contributed by atoms with Crippen LogP contribution >= 0.6 is 0 Å². The van der Waals surface area contributed by atoms with Gasteiger partial charge in [-0.25, -0.2) is 4.79 Å². The number of hydrogen-bond acceptors (Lipinski definition) is 2. The quantitative estimate of drug-likeness (QED) is 0.778. The van der Waals surface area contributed by atoms with Crippen molar-refractivity contribution >= 4 is 12.0 Å². The SMILES string of the molecule is O=C(O)C1CN(C(=O)NCCC2CCCC2)C1. The van der Waals surface area contributed by atoms with Crippen molar-refractivity contribution in [1.82, 2.24) is 10.2 Å². The fraction of sp³-hybridized carbons (Fsp3) is 0.833. The molecule has 1 saturated heterocycles. The summed E-state index contributed by atoms with van der Waals surface area (Å²) < 4.78 is 0. The maximum Gasteiger partial charge on any atom is 0.317 e. The zero-order chi connectivity index (χ0) is 12.3. The van der Waals surface area contributed by atoms with E-state index in [0.717, 1.165) is 18.9 Å².